The molecule has 0 bridgehead atoms. The number of hydrogen-bond acceptors (Lipinski definition) is 4. The SMILES string of the molecule is O=C(O)c1cc(OCc2sccc2Br)cs1. The molecule has 0 aromatic carbocycles. The van der Waals surface area contributed by atoms with E-state index in [1.807, 2.05) is 11.4 Å². The fourth-order valence-electron chi connectivity index (χ4n) is 1.08. The van der Waals surface area contributed by atoms with E-state index < -0.39 is 5.97 Å². The molecule has 0 fully saturated rings. The number of ether oxygens (including phenoxy) is 1. The Morgan fingerprint density at radius 3 is 2.88 bits per heavy atom. The fourth-order valence-corrected chi connectivity index (χ4v) is 3.13. The lowest BCUT2D eigenvalue weighted by atomic mass is 10.4. The topological polar surface area (TPSA) is 46.5 Å². The highest BCUT2D eigenvalue weighted by atomic mass is 79.9. The normalized spacial score (nSPS) is 10.3. The number of carboxylic acids is 1. The van der Waals surface area contributed by atoms with Crippen LogP contribution in [-0.2, 0) is 6.61 Å². The number of aromatic carboxylic acids is 1. The van der Waals surface area contributed by atoms with E-state index >= 15 is 0 Å². The number of carboxylic acid groups (broad SMARTS) is 1. The Hall–Kier alpha value is -0.850. The van der Waals surface area contributed by atoms with Gasteiger partial charge in [-0.3, -0.25) is 0 Å². The van der Waals surface area contributed by atoms with Gasteiger partial charge >= 0.3 is 5.97 Å². The van der Waals surface area contributed by atoms with Crippen LogP contribution in [0.4, 0.5) is 0 Å². The summed E-state index contributed by atoms with van der Waals surface area (Å²) in [6.45, 7) is 0.452. The molecule has 3 nitrogen and oxygen atoms in total. The standard InChI is InChI=1S/C10H7BrO3S2/c11-7-1-2-15-9(7)4-14-6-3-8(10(12)13)16-5-6/h1-3,5H,4H2,(H,12,13). The third-order valence-electron chi connectivity index (χ3n) is 1.85. The van der Waals surface area contributed by atoms with Crippen LogP contribution in [-0.4, -0.2) is 11.1 Å². The molecule has 0 aliphatic heterocycles. The van der Waals surface area contributed by atoms with Crippen LogP contribution < -0.4 is 4.74 Å². The monoisotopic (exact) mass is 318 g/mol. The zero-order valence-electron chi connectivity index (χ0n) is 7.97. The predicted octanol–water partition coefficient (Wildman–Crippen LogP) is 3.85. The second kappa shape index (κ2) is 4.99. The van der Waals surface area contributed by atoms with Crippen molar-refractivity contribution in [2.24, 2.45) is 0 Å². The molecule has 0 aliphatic rings. The highest BCUT2D eigenvalue weighted by Gasteiger charge is 2.08. The highest BCUT2D eigenvalue weighted by Crippen LogP contribution is 2.26. The third kappa shape index (κ3) is 2.63. The number of hydrogen-bond donors (Lipinski definition) is 1. The van der Waals surface area contributed by atoms with Crippen molar-refractivity contribution >= 4 is 44.6 Å². The molecule has 0 radical (unpaired) electrons. The summed E-state index contributed by atoms with van der Waals surface area (Å²) in [4.78, 5) is 12.0. The van der Waals surface area contributed by atoms with Crippen molar-refractivity contribution < 1.29 is 14.6 Å². The van der Waals surface area contributed by atoms with Gasteiger partial charge in [0.1, 0.15) is 17.2 Å². The number of rotatable bonds is 4. The quantitative estimate of drug-likeness (QED) is 0.931. The van der Waals surface area contributed by atoms with Crippen LogP contribution in [0.1, 0.15) is 14.5 Å². The van der Waals surface area contributed by atoms with E-state index in [1.54, 1.807) is 16.7 Å². The summed E-state index contributed by atoms with van der Waals surface area (Å²) in [5.74, 6) is -0.320. The average molecular weight is 319 g/mol. The van der Waals surface area contributed by atoms with Gasteiger partial charge in [0.25, 0.3) is 0 Å². The molecule has 0 unspecified atom stereocenters. The predicted molar refractivity (Wildman–Crippen MR) is 67.6 cm³/mol. The molecule has 16 heavy (non-hydrogen) atoms. The maximum atomic E-state index is 10.7. The van der Waals surface area contributed by atoms with E-state index in [0.717, 1.165) is 9.35 Å². The van der Waals surface area contributed by atoms with Crippen LogP contribution in [0.5, 0.6) is 5.75 Å². The van der Waals surface area contributed by atoms with Gasteiger partial charge in [-0.1, -0.05) is 0 Å². The maximum Gasteiger partial charge on any atom is 0.346 e. The molecule has 0 aliphatic carbocycles. The van der Waals surface area contributed by atoms with Gasteiger partial charge in [-0.05, 0) is 27.4 Å². The van der Waals surface area contributed by atoms with Crippen molar-refractivity contribution in [3.8, 4) is 5.75 Å². The summed E-state index contributed by atoms with van der Waals surface area (Å²) in [5, 5.41) is 12.4. The van der Waals surface area contributed by atoms with Crippen LogP contribution >= 0.6 is 38.6 Å². The van der Waals surface area contributed by atoms with Gasteiger partial charge in [0.2, 0.25) is 0 Å². The van der Waals surface area contributed by atoms with Crippen LogP contribution in [0.3, 0.4) is 0 Å². The highest BCUT2D eigenvalue weighted by molar-refractivity contribution is 9.10. The molecule has 0 saturated heterocycles. The Morgan fingerprint density at radius 1 is 1.50 bits per heavy atom. The molecule has 1 N–H and O–H groups in total. The van der Waals surface area contributed by atoms with Gasteiger partial charge in [0.15, 0.2) is 0 Å². The second-order valence-corrected chi connectivity index (χ2v) is 5.70. The minimum absolute atomic E-state index is 0.292. The van der Waals surface area contributed by atoms with Crippen molar-refractivity contribution in [2.75, 3.05) is 0 Å². The van der Waals surface area contributed by atoms with Gasteiger partial charge < -0.3 is 9.84 Å². The minimum Gasteiger partial charge on any atom is -0.487 e. The fraction of sp³-hybridized carbons (Fsp3) is 0.100. The lowest BCUT2D eigenvalue weighted by Gasteiger charge is -2.01. The molecule has 2 aromatic heterocycles. The van der Waals surface area contributed by atoms with Gasteiger partial charge in [0, 0.05) is 15.9 Å². The Kier molecular flexibility index (Phi) is 3.63. The van der Waals surface area contributed by atoms with Crippen molar-refractivity contribution in [3.63, 3.8) is 0 Å². The van der Waals surface area contributed by atoms with E-state index in [4.69, 9.17) is 9.84 Å². The first-order chi connectivity index (χ1) is 7.66. The van der Waals surface area contributed by atoms with Crippen molar-refractivity contribution in [3.05, 3.63) is 37.1 Å². The molecule has 0 atom stereocenters. The first kappa shape index (κ1) is 11.6. The first-order valence-electron chi connectivity index (χ1n) is 4.33. The summed E-state index contributed by atoms with van der Waals surface area (Å²) < 4.78 is 6.51. The van der Waals surface area contributed by atoms with E-state index in [9.17, 15) is 4.79 Å². The van der Waals surface area contributed by atoms with E-state index in [0.29, 0.717) is 17.2 Å². The number of thiophene rings is 2. The van der Waals surface area contributed by atoms with Crippen molar-refractivity contribution in [1.29, 1.82) is 0 Å². The van der Waals surface area contributed by atoms with E-state index in [1.165, 1.54) is 17.4 Å². The molecule has 6 heteroatoms. The molecule has 0 amide bonds. The van der Waals surface area contributed by atoms with E-state index in [2.05, 4.69) is 15.9 Å². The van der Waals surface area contributed by atoms with E-state index in [-0.39, 0.29) is 0 Å². The number of halogens is 1. The molecule has 2 rings (SSSR count). The molecule has 0 saturated carbocycles. The van der Waals surface area contributed by atoms with Gasteiger partial charge in [-0.15, -0.1) is 22.7 Å². The Bertz CT molecular complexity index is 504. The lowest BCUT2D eigenvalue weighted by molar-refractivity contribution is 0.0702. The van der Waals surface area contributed by atoms with Gasteiger partial charge in [-0.25, -0.2) is 4.79 Å². The molecule has 84 valence electrons. The molecular weight excluding hydrogens is 312 g/mol. The molecule has 0 spiro atoms. The van der Waals surface area contributed by atoms with Crippen molar-refractivity contribution in [2.45, 2.75) is 6.61 Å². The smallest absolute Gasteiger partial charge is 0.346 e. The largest absolute Gasteiger partial charge is 0.487 e. The van der Waals surface area contributed by atoms with Crippen LogP contribution in [0.15, 0.2) is 27.4 Å². The van der Waals surface area contributed by atoms with Gasteiger partial charge in [0.05, 0.1) is 4.88 Å². The van der Waals surface area contributed by atoms with Crippen molar-refractivity contribution in [1.82, 2.24) is 0 Å². The van der Waals surface area contributed by atoms with Gasteiger partial charge in [-0.2, -0.15) is 0 Å². The summed E-state index contributed by atoms with van der Waals surface area (Å²) in [6, 6.07) is 3.49. The summed E-state index contributed by atoms with van der Waals surface area (Å²) >= 11 is 6.17. The molecule has 2 aromatic rings. The number of carbonyl (C=O) groups is 1. The lowest BCUT2D eigenvalue weighted by Crippen LogP contribution is -1.93. The van der Waals surface area contributed by atoms with Crippen LogP contribution in [0.2, 0.25) is 0 Å². The van der Waals surface area contributed by atoms with Crippen LogP contribution in [0, 0.1) is 0 Å². The summed E-state index contributed by atoms with van der Waals surface area (Å²) in [6.07, 6.45) is 0. The zero-order chi connectivity index (χ0) is 11.5. The Balaban J connectivity index is 2.00. The second-order valence-electron chi connectivity index (χ2n) is 2.93. The Morgan fingerprint density at radius 2 is 2.31 bits per heavy atom. The maximum absolute atomic E-state index is 10.7. The summed E-state index contributed by atoms with van der Waals surface area (Å²) in [7, 11) is 0. The summed E-state index contributed by atoms with van der Waals surface area (Å²) in [5.41, 5.74) is 0. The zero-order valence-corrected chi connectivity index (χ0v) is 11.2. The molecule has 2 heterocycles. The Labute approximate surface area is 108 Å². The van der Waals surface area contributed by atoms with Crippen LogP contribution in [0.25, 0.3) is 0 Å². The average Bonchev–Trinajstić information content (AvgIpc) is 2.83. The minimum atomic E-state index is -0.919. The first-order valence-corrected chi connectivity index (χ1v) is 6.88. The molecular formula is C10H7BrO3S2. The third-order valence-corrected chi connectivity index (χ3v) is 4.64.